The topological polar surface area (TPSA) is 64.6 Å². The van der Waals surface area contributed by atoms with Crippen molar-refractivity contribution in [3.63, 3.8) is 0 Å². The maximum atomic E-state index is 12.7. The molecule has 0 aromatic rings. The zero-order valence-corrected chi connectivity index (χ0v) is 17.7. The van der Waals surface area contributed by atoms with Crippen LogP contribution in [0.2, 0.25) is 0 Å². The lowest BCUT2D eigenvalue weighted by Gasteiger charge is -2.39. The number of rotatable bonds is 5. The van der Waals surface area contributed by atoms with E-state index in [2.05, 4.69) is 18.6 Å². The Labute approximate surface area is 149 Å². The molecule has 1 fully saturated rings. The molecule has 1 rings (SSSR count). The van der Waals surface area contributed by atoms with Crippen molar-refractivity contribution in [1.82, 2.24) is 4.72 Å². The first-order valence-corrected chi connectivity index (χ1v) is 9.79. The molecule has 0 spiro atoms. The second kappa shape index (κ2) is 6.69. The molecule has 1 N–H and O–H groups in total. The Kier molecular flexibility index (Phi) is 6.02. The molecule has 0 radical (unpaired) electrons. The molecule has 4 atom stereocenters. The van der Waals surface area contributed by atoms with Crippen molar-refractivity contribution in [1.29, 1.82) is 0 Å². The van der Waals surface area contributed by atoms with Crippen molar-refractivity contribution < 1.29 is 18.5 Å². The molecule has 1 aliphatic heterocycles. The quantitative estimate of drug-likeness (QED) is 0.761. The van der Waals surface area contributed by atoms with Gasteiger partial charge in [0, 0.05) is 12.3 Å². The maximum Gasteiger partial charge on any atom is 0.342 e. The second-order valence-corrected chi connectivity index (χ2v) is 11.5. The van der Waals surface area contributed by atoms with E-state index in [4.69, 9.17) is 9.47 Å². The Morgan fingerprint density at radius 1 is 1.12 bits per heavy atom. The highest BCUT2D eigenvalue weighted by Gasteiger charge is 2.61. The van der Waals surface area contributed by atoms with E-state index in [1.54, 1.807) is 13.8 Å². The number of cyclic esters (lactones) is 1. The SMILES string of the molecule is CC(C)C[C@@H](NS(=O)C(C)(C)C)[C@@]1(C)O[C@](C)(C(C)(C)C)OC1=O. The molecule has 0 saturated carbocycles. The van der Waals surface area contributed by atoms with Gasteiger partial charge in [0.1, 0.15) is 0 Å². The first-order valence-electron chi connectivity index (χ1n) is 8.64. The molecule has 142 valence electrons. The maximum absolute atomic E-state index is 12.7. The third-order valence-corrected chi connectivity index (χ3v) is 6.25. The van der Waals surface area contributed by atoms with E-state index >= 15 is 0 Å². The summed E-state index contributed by atoms with van der Waals surface area (Å²) in [6, 6.07) is -0.394. The van der Waals surface area contributed by atoms with Crippen molar-refractivity contribution in [2.45, 2.75) is 97.8 Å². The highest BCUT2D eigenvalue weighted by Crippen LogP contribution is 2.45. The van der Waals surface area contributed by atoms with E-state index in [1.807, 2.05) is 41.5 Å². The standard InChI is InChI=1S/C18H35NO4S/c1-12(2)11-13(19-24(21)16(6,7)8)17(9)14(20)22-18(10,23-17)15(3,4)5/h12-13,19H,11H2,1-10H3/t13-,17-,18-,24?/m1/s1. The van der Waals surface area contributed by atoms with Crippen LogP contribution in [0.25, 0.3) is 0 Å². The van der Waals surface area contributed by atoms with Crippen molar-refractivity contribution in [2.24, 2.45) is 11.3 Å². The largest absolute Gasteiger partial charge is 0.431 e. The van der Waals surface area contributed by atoms with Crippen molar-refractivity contribution in [3.8, 4) is 0 Å². The number of carbonyl (C=O) groups excluding carboxylic acids is 1. The average Bonchev–Trinajstić information content (AvgIpc) is 2.58. The van der Waals surface area contributed by atoms with Gasteiger partial charge in [-0.15, -0.1) is 0 Å². The fourth-order valence-electron chi connectivity index (χ4n) is 2.43. The molecule has 1 saturated heterocycles. The van der Waals surface area contributed by atoms with Gasteiger partial charge >= 0.3 is 5.97 Å². The summed E-state index contributed by atoms with van der Waals surface area (Å²) < 4.78 is 27.2. The second-order valence-electron chi connectivity index (χ2n) is 9.48. The van der Waals surface area contributed by atoms with Crippen LogP contribution >= 0.6 is 0 Å². The van der Waals surface area contributed by atoms with Gasteiger partial charge in [-0.1, -0.05) is 34.6 Å². The molecule has 0 aromatic carbocycles. The molecule has 5 nitrogen and oxygen atoms in total. The molecule has 0 amide bonds. The van der Waals surface area contributed by atoms with Gasteiger partial charge in [0.25, 0.3) is 0 Å². The van der Waals surface area contributed by atoms with Gasteiger partial charge in [-0.25, -0.2) is 13.7 Å². The van der Waals surface area contributed by atoms with E-state index in [0.717, 1.165) is 0 Å². The van der Waals surface area contributed by atoms with Crippen LogP contribution in [-0.4, -0.2) is 32.4 Å². The van der Waals surface area contributed by atoms with Crippen LogP contribution in [0, 0.1) is 11.3 Å². The highest BCUT2D eigenvalue weighted by molar-refractivity contribution is 7.84. The Bertz CT molecular complexity index is 506. The van der Waals surface area contributed by atoms with Gasteiger partial charge in [0.15, 0.2) is 5.60 Å². The van der Waals surface area contributed by atoms with Crippen LogP contribution in [0.5, 0.6) is 0 Å². The predicted molar refractivity (Wildman–Crippen MR) is 97.7 cm³/mol. The molecule has 0 aliphatic carbocycles. The number of ether oxygens (including phenoxy) is 2. The number of carbonyl (C=O) groups is 1. The van der Waals surface area contributed by atoms with Crippen molar-refractivity contribution in [3.05, 3.63) is 0 Å². The van der Waals surface area contributed by atoms with E-state index in [-0.39, 0.29) is 5.41 Å². The zero-order chi connectivity index (χ0) is 19.1. The third-order valence-electron chi connectivity index (χ3n) is 4.64. The number of nitrogens with one attached hydrogen (secondary N) is 1. The molecule has 1 unspecified atom stereocenters. The highest BCUT2D eigenvalue weighted by atomic mass is 32.2. The molecule has 0 aromatic heterocycles. The number of hydrogen-bond acceptors (Lipinski definition) is 4. The first kappa shape index (κ1) is 21.6. The first-order chi connectivity index (χ1) is 10.5. The van der Waals surface area contributed by atoms with E-state index < -0.39 is 39.1 Å². The fraction of sp³-hybridized carbons (Fsp3) is 0.944. The number of esters is 1. The van der Waals surface area contributed by atoms with Crippen LogP contribution in [0.15, 0.2) is 0 Å². The minimum absolute atomic E-state index is 0.314. The molecule has 1 aliphatic rings. The van der Waals surface area contributed by atoms with Crippen molar-refractivity contribution in [2.75, 3.05) is 0 Å². The minimum Gasteiger partial charge on any atom is -0.431 e. The summed E-state index contributed by atoms with van der Waals surface area (Å²) in [4.78, 5) is 12.7. The Balaban J connectivity index is 3.17. The smallest absolute Gasteiger partial charge is 0.342 e. The molecule has 24 heavy (non-hydrogen) atoms. The summed E-state index contributed by atoms with van der Waals surface area (Å²) in [5.74, 6) is -1.10. The van der Waals surface area contributed by atoms with Gasteiger partial charge in [0.05, 0.1) is 21.8 Å². The monoisotopic (exact) mass is 361 g/mol. The van der Waals surface area contributed by atoms with Crippen LogP contribution in [0.3, 0.4) is 0 Å². The normalized spacial score (nSPS) is 31.2. The molecule has 1 heterocycles. The molecule has 6 heteroatoms. The van der Waals surface area contributed by atoms with E-state index in [1.165, 1.54) is 0 Å². The third kappa shape index (κ3) is 4.38. The van der Waals surface area contributed by atoms with Crippen LogP contribution in [-0.2, 0) is 25.3 Å². The summed E-state index contributed by atoms with van der Waals surface area (Å²) in [7, 11) is -1.30. The Morgan fingerprint density at radius 2 is 1.62 bits per heavy atom. The lowest BCUT2D eigenvalue weighted by molar-refractivity contribution is -0.233. The van der Waals surface area contributed by atoms with Crippen LogP contribution in [0.4, 0.5) is 0 Å². The summed E-state index contributed by atoms with van der Waals surface area (Å²) in [5, 5.41) is 0. The van der Waals surface area contributed by atoms with Gasteiger partial charge < -0.3 is 9.47 Å². The van der Waals surface area contributed by atoms with Gasteiger partial charge in [-0.3, -0.25) is 0 Å². The average molecular weight is 362 g/mol. The predicted octanol–water partition coefficient (Wildman–Crippen LogP) is 3.55. The molecular weight excluding hydrogens is 326 g/mol. The minimum atomic E-state index is -1.30. The van der Waals surface area contributed by atoms with Crippen LogP contribution < -0.4 is 4.72 Å². The van der Waals surface area contributed by atoms with Crippen molar-refractivity contribution >= 4 is 17.0 Å². The fourth-order valence-corrected chi connectivity index (χ4v) is 3.36. The zero-order valence-electron chi connectivity index (χ0n) is 16.9. The summed E-state index contributed by atoms with van der Waals surface area (Å²) >= 11 is 0. The van der Waals surface area contributed by atoms with Gasteiger partial charge in [0.2, 0.25) is 5.79 Å². The van der Waals surface area contributed by atoms with Gasteiger partial charge in [-0.2, -0.15) is 0 Å². The summed E-state index contributed by atoms with van der Waals surface area (Å²) in [5.41, 5.74) is -1.54. The molecular formula is C18H35NO4S. The Hall–Kier alpha value is -0.460. The summed E-state index contributed by atoms with van der Waals surface area (Å²) in [6.07, 6.45) is 0.660. The number of hydrogen-bond donors (Lipinski definition) is 1. The van der Waals surface area contributed by atoms with E-state index in [9.17, 15) is 9.00 Å². The summed E-state index contributed by atoms with van der Waals surface area (Å²) in [6.45, 7) is 19.3. The van der Waals surface area contributed by atoms with Gasteiger partial charge in [-0.05, 0) is 40.0 Å². The van der Waals surface area contributed by atoms with E-state index in [0.29, 0.717) is 12.3 Å². The Morgan fingerprint density at radius 3 is 1.96 bits per heavy atom. The lowest BCUT2D eigenvalue weighted by Crippen LogP contribution is -2.57. The van der Waals surface area contributed by atoms with Crippen LogP contribution in [0.1, 0.15) is 75.7 Å². The lowest BCUT2D eigenvalue weighted by atomic mass is 9.86. The molecule has 0 bridgehead atoms.